The number of hydrogen-bond donors (Lipinski definition) is 1. The van der Waals surface area contributed by atoms with Gasteiger partial charge in [0.05, 0.1) is 12.8 Å². The lowest BCUT2D eigenvalue weighted by molar-refractivity contribution is -0.139. The maximum atomic E-state index is 12.6. The number of aryl methyl sites for hydroxylation is 1. The minimum atomic E-state index is -0.855. The van der Waals surface area contributed by atoms with Gasteiger partial charge in [0.1, 0.15) is 12.4 Å². The summed E-state index contributed by atoms with van der Waals surface area (Å²) in [7, 11) is 0. The van der Waals surface area contributed by atoms with Crippen molar-refractivity contribution >= 4 is 11.9 Å². The van der Waals surface area contributed by atoms with Gasteiger partial charge >= 0.3 is 5.97 Å². The summed E-state index contributed by atoms with van der Waals surface area (Å²) < 4.78 is 5.89. The molecule has 2 aromatic rings. The zero-order valence-corrected chi connectivity index (χ0v) is 15.6. The molecular formula is C22H25NO4. The molecule has 3 rings (SSSR count). The first-order valence-electron chi connectivity index (χ1n) is 9.30. The van der Waals surface area contributed by atoms with E-state index in [2.05, 4.69) is 13.0 Å². The van der Waals surface area contributed by atoms with Gasteiger partial charge < -0.3 is 14.7 Å². The Morgan fingerprint density at radius 3 is 2.78 bits per heavy atom. The molecule has 1 saturated heterocycles. The van der Waals surface area contributed by atoms with E-state index in [1.165, 1.54) is 5.56 Å². The van der Waals surface area contributed by atoms with Crippen molar-refractivity contribution in [1.82, 2.24) is 4.90 Å². The van der Waals surface area contributed by atoms with Crippen molar-refractivity contribution in [1.29, 1.82) is 0 Å². The highest BCUT2D eigenvalue weighted by Gasteiger charge is 2.30. The quantitative estimate of drug-likeness (QED) is 0.812. The second-order valence-electron chi connectivity index (χ2n) is 7.02. The number of amides is 1. The number of aliphatic carboxylic acids is 1. The Kier molecular flexibility index (Phi) is 6.12. The highest BCUT2D eigenvalue weighted by molar-refractivity contribution is 5.80. The van der Waals surface area contributed by atoms with Gasteiger partial charge in [-0.2, -0.15) is 0 Å². The summed E-state index contributed by atoms with van der Waals surface area (Å²) in [5, 5.41) is 9.02. The molecule has 0 bridgehead atoms. The lowest BCUT2D eigenvalue weighted by Gasteiger charge is -2.23. The summed E-state index contributed by atoms with van der Waals surface area (Å²) in [5.41, 5.74) is 3.19. The Bertz CT molecular complexity index is 817. The van der Waals surface area contributed by atoms with E-state index >= 15 is 0 Å². The smallest absolute Gasteiger partial charge is 0.305 e. The second-order valence-corrected chi connectivity index (χ2v) is 7.02. The van der Waals surface area contributed by atoms with Crippen molar-refractivity contribution in [3.05, 3.63) is 65.2 Å². The van der Waals surface area contributed by atoms with E-state index in [9.17, 15) is 9.59 Å². The Balaban J connectivity index is 1.61. The van der Waals surface area contributed by atoms with Gasteiger partial charge in [0.2, 0.25) is 5.91 Å². The van der Waals surface area contributed by atoms with Gasteiger partial charge in [-0.1, -0.05) is 36.4 Å². The third-order valence-electron chi connectivity index (χ3n) is 5.02. The van der Waals surface area contributed by atoms with Crippen LogP contribution in [-0.2, 0) is 22.6 Å². The summed E-state index contributed by atoms with van der Waals surface area (Å²) >= 11 is 0. The topological polar surface area (TPSA) is 66.8 Å². The van der Waals surface area contributed by atoms with E-state index < -0.39 is 5.97 Å². The molecule has 1 aliphatic heterocycles. The SMILES string of the molecule is Cc1ccccc1COc1cccc(CC(=O)N2CCCC2CC(=O)O)c1. The molecule has 0 radical (unpaired) electrons. The highest BCUT2D eigenvalue weighted by atomic mass is 16.5. The van der Waals surface area contributed by atoms with Crippen LogP contribution in [0.3, 0.4) is 0 Å². The minimum Gasteiger partial charge on any atom is -0.489 e. The predicted molar refractivity (Wildman–Crippen MR) is 103 cm³/mol. The van der Waals surface area contributed by atoms with Crippen molar-refractivity contribution in [2.45, 2.75) is 45.3 Å². The molecule has 1 N–H and O–H groups in total. The van der Waals surface area contributed by atoms with Crippen molar-refractivity contribution in [3.8, 4) is 5.75 Å². The fourth-order valence-electron chi connectivity index (χ4n) is 3.53. The zero-order chi connectivity index (χ0) is 19.2. The monoisotopic (exact) mass is 367 g/mol. The van der Waals surface area contributed by atoms with Crippen LogP contribution in [0, 0.1) is 6.92 Å². The number of rotatable bonds is 7. The number of carboxylic acid groups (broad SMARTS) is 1. The number of nitrogens with zero attached hydrogens (tertiary/aromatic N) is 1. The largest absolute Gasteiger partial charge is 0.489 e. The van der Waals surface area contributed by atoms with Crippen LogP contribution in [0.2, 0.25) is 0 Å². The average molecular weight is 367 g/mol. The molecule has 27 heavy (non-hydrogen) atoms. The van der Waals surface area contributed by atoms with Gasteiger partial charge in [-0.15, -0.1) is 0 Å². The molecule has 0 aromatic heterocycles. The third-order valence-corrected chi connectivity index (χ3v) is 5.02. The Morgan fingerprint density at radius 2 is 2.00 bits per heavy atom. The molecule has 142 valence electrons. The highest BCUT2D eigenvalue weighted by Crippen LogP contribution is 2.22. The van der Waals surface area contributed by atoms with Crippen LogP contribution in [0.25, 0.3) is 0 Å². The second kappa shape index (κ2) is 8.71. The number of ether oxygens (including phenoxy) is 1. The lowest BCUT2D eigenvalue weighted by atomic mass is 10.1. The molecular weight excluding hydrogens is 342 g/mol. The maximum Gasteiger partial charge on any atom is 0.305 e. The van der Waals surface area contributed by atoms with Crippen LogP contribution in [0.5, 0.6) is 5.75 Å². The van der Waals surface area contributed by atoms with Crippen molar-refractivity contribution in [2.24, 2.45) is 0 Å². The fraction of sp³-hybridized carbons (Fsp3) is 0.364. The summed E-state index contributed by atoms with van der Waals surface area (Å²) in [6, 6.07) is 15.5. The summed E-state index contributed by atoms with van der Waals surface area (Å²) in [4.78, 5) is 25.3. The van der Waals surface area contributed by atoms with Crippen LogP contribution in [0.1, 0.15) is 36.0 Å². The van der Waals surface area contributed by atoms with E-state index in [1.54, 1.807) is 4.90 Å². The van der Waals surface area contributed by atoms with E-state index in [0.717, 1.165) is 29.7 Å². The van der Waals surface area contributed by atoms with E-state index in [1.807, 2.05) is 42.5 Å². The normalized spacial score (nSPS) is 16.3. The number of hydrogen-bond acceptors (Lipinski definition) is 3. The molecule has 0 aliphatic carbocycles. The molecule has 0 spiro atoms. The Morgan fingerprint density at radius 1 is 1.19 bits per heavy atom. The number of carboxylic acids is 1. The van der Waals surface area contributed by atoms with Crippen LogP contribution >= 0.6 is 0 Å². The van der Waals surface area contributed by atoms with E-state index in [0.29, 0.717) is 13.2 Å². The minimum absolute atomic E-state index is 0.0187. The molecule has 5 heteroatoms. The first-order chi connectivity index (χ1) is 13.0. The molecule has 1 atom stereocenters. The molecule has 1 unspecified atom stereocenters. The first-order valence-corrected chi connectivity index (χ1v) is 9.30. The molecule has 5 nitrogen and oxygen atoms in total. The zero-order valence-electron chi connectivity index (χ0n) is 15.6. The molecule has 1 heterocycles. The van der Waals surface area contributed by atoms with Crippen molar-refractivity contribution in [2.75, 3.05) is 6.54 Å². The number of carbonyl (C=O) groups is 2. The first kappa shape index (κ1) is 19.0. The van der Waals surface area contributed by atoms with Crippen LogP contribution in [0.15, 0.2) is 48.5 Å². The molecule has 1 amide bonds. The summed E-state index contributed by atoms with van der Waals surface area (Å²) in [6.07, 6.45) is 1.91. The number of carbonyl (C=O) groups excluding carboxylic acids is 1. The molecule has 1 fully saturated rings. The summed E-state index contributed by atoms with van der Waals surface area (Å²) in [6.45, 7) is 3.18. The van der Waals surface area contributed by atoms with Gasteiger partial charge in [0.15, 0.2) is 0 Å². The van der Waals surface area contributed by atoms with Gasteiger partial charge in [-0.05, 0) is 48.6 Å². The Hall–Kier alpha value is -2.82. The van der Waals surface area contributed by atoms with Crippen molar-refractivity contribution < 1.29 is 19.4 Å². The predicted octanol–water partition coefficient (Wildman–Crippen LogP) is 3.58. The molecule has 0 saturated carbocycles. The van der Waals surface area contributed by atoms with Gasteiger partial charge in [0, 0.05) is 12.6 Å². The van der Waals surface area contributed by atoms with Crippen molar-refractivity contribution in [3.63, 3.8) is 0 Å². The third kappa shape index (κ3) is 5.09. The standard InChI is InChI=1S/C22H25NO4/c1-16-6-2-3-8-18(16)15-27-20-10-4-7-17(12-20)13-21(24)23-11-5-9-19(23)14-22(25)26/h2-4,6-8,10,12,19H,5,9,11,13-15H2,1H3,(H,25,26). The summed E-state index contributed by atoms with van der Waals surface area (Å²) in [5.74, 6) is -0.145. The maximum absolute atomic E-state index is 12.6. The lowest BCUT2D eigenvalue weighted by Crippen LogP contribution is -2.37. The Labute approximate surface area is 159 Å². The number of likely N-dealkylation sites (tertiary alicyclic amines) is 1. The fourth-order valence-corrected chi connectivity index (χ4v) is 3.53. The van der Waals surface area contributed by atoms with E-state index in [4.69, 9.17) is 9.84 Å². The molecule has 2 aromatic carbocycles. The average Bonchev–Trinajstić information content (AvgIpc) is 3.09. The number of benzene rings is 2. The van der Waals surface area contributed by atoms with Gasteiger partial charge in [0.25, 0.3) is 0 Å². The van der Waals surface area contributed by atoms with E-state index in [-0.39, 0.29) is 24.8 Å². The van der Waals surface area contributed by atoms with Gasteiger partial charge in [-0.3, -0.25) is 9.59 Å². The van der Waals surface area contributed by atoms with Crippen LogP contribution < -0.4 is 4.74 Å². The molecule has 1 aliphatic rings. The van der Waals surface area contributed by atoms with Crippen LogP contribution in [0.4, 0.5) is 0 Å². The van der Waals surface area contributed by atoms with Crippen LogP contribution in [-0.4, -0.2) is 34.5 Å². The van der Waals surface area contributed by atoms with Gasteiger partial charge in [-0.25, -0.2) is 0 Å².